The molecule has 0 bridgehead atoms. The van der Waals surface area contributed by atoms with Gasteiger partial charge in [0, 0.05) is 25.7 Å². The average Bonchev–Trinajstić information content (AvgIpc) is 2.85. The van der Waals surface area contributed by atoms with E-state index in [1.165, 1.54) is 51.7 Å². The zero-order valence-corrected chi connectivity index (χ0v) is 12.0. The third-order valence-electron chi connectivity index (χ3n) is 4.87. The van der Waals surface area contributed by atoms with E-state index in [1.807, 2.05) is 0 Å². The maximum Gasteiger partial charge on any atom is 0.00702 e. The lowest BCUT2D eigenvalue weighted by atomic mass is 9.85. The molecule has 0 aromatic rings. The maximum absolute atomic E-state index is 3.60. The number of nitrogens with one attached hydrogen (secondary N) is 1. The van der Waals surface area contributed by atoms with Gasteiger partial charge in [0.05, 0.1) is 0 Å². The van der Waals surface area contributed by atoms with Crippen LogP contribution in [0.4, 0.5) is 0 Å². The molecule has 2 atom stereocenters. The number of nitrogens with zero attached hydrogens (tertiary/aromatic N) is 1. The highest BCUT2D eigenvalue weighted by atomic mass is 15.2. The third-order valence-corrected chi connectivity index (χ3v) is 4.87. The molecule has 2 aliphatic rings. The number of likely N-dealkylation sites (tertiary alicyclic amines) is 1. The van der Waals surface area contributed by atoms with E-state index in [4.69, 9.17) is 0 Å². The van der Waals surface area contributed by atoms with Gasteiger partial charge in [0.2, 0.25) is 0 Å². The van der Waals surface area contributed by atoms with Gasteiger partial charge < -0.3 is 5.32 Å². The van der Waals surface area contributed by atoms with Crippen molar-refractivity contribution >= 4 is 0 Å². The first kappa shape index (κ1) is 13.4. The Balaban J connectivity index is 1.93. The smallest absolute Gasteiger partial charge is 0.00702 e. The van der Waals surface area contributed by atoms with Gasteiger partial charge in [-0.05, 0) is 44.1 Å². The van der Waals surface area contributed by atoms with Crippen LogP contribution in [0.5, 0.6) is 0 Å². The largest absolute Gasteiger partial charge is 0.316 e. The summed E-state index contributed by atoms with van der Waals surface area (Å²) in [5, 5.41) is 3.60. The van der Waals surface area contributed by atoms with E-state index in [1.54, 1.807) is 0 Å². The first-order valence-electron chi connectivity index (χ1n) is 7.60. The minimum absolute atomic E-state index is 0.592. The van der Waals surface area contributed by atoms with E-state index in [-0.39, 0.29) is 0 Å². The maximum atomic E-state index is 3.60. The predicted molar refractivity (Wildman–Crippen MR) is 74.3 cm³/mol. The summed E-state index contributed by atoms with van der Waals surface area (Å²) in [5.74, 6) is 0.905. The van der Waals surface area contributed by atoms with Crippen molar-refractivity contribution in [3.8, 4) is 0 Å². The second kappa shape index (κ2) is 5.71. The van der Waals surface area contributed by atoms with Crippen molar-refractivity contribution < 1.29 is 0 Å². The minimum atomic E-state index is 0.592. The molecule has 0 aromatic heterocycles. The van der Waals surface area contributed by atoms with Crippen LogP contribution in [0.15, 0.2) is 0 Å². The van der Waals surface area contributed by atoms with Crippen molar-refractivity contribution in [2.45, 2.75) is 58.9 Å². The molecule has 2 rings (SSSR count). The highest BCUT2D eigenvalue weighted by Gasteiger charge is 2.38. The van der Waals surface area contributed by atoms with Gasteiger partial charge in [-0.3, -0.25) is 4.90 Å². The Hall–Kier alpha value is -0.0800. The molecule has 2 heteroatoms. The molecule has 2 fully saturated rings. The Labute approximate surface area is 107 Å². The minimum Gasteiger partial charge on any atom is -0.316 e. The molecular weight excluding hydrogens is 208 g/mol. The van der Waals surface area contributed by atoms with Gasteiger partial charge in [-0.1, -0.05) is 26.7 Å². The van der Waals surface area contributed by atoms with Crippen LogP contribution in [0.25, 0.3) is 0 Å². The van der Waals surface area contributed by atoms with Gasteiger partial charge in [0.25, 0.3) is 0 Å². The monoisotopic (exact) mass is 238 g/mol. The summed E-state index contributed by atoms with van der Waals surface area (Å²) in [4.78, 5) is 2.76. The molecule has 0 radical (unpaired) electrons. The molecule has 1 saturated carbocycles. The highest BCUT2D eigenvalue weighted by Crippen LogP contribution is 2.40. The van der Waals surface area contributed by atoms with E-state index in [0.717, 1.165) is 18.5 Å². The van der Waals surface area contributed by atoms with Crippen molar-refractivity contribution in [2.75, 3.05) is 26.2 Å². The first-order valence-corrected chi connectivity index (χ1v) is 7.60. The average molecular weight is 238 g/mol. The van der Waals surface area contributed by atoms with Crippen molar-refractivity contribution in [2.24, 2.45) is 11.3 Å². The van der Waals surface area contributed by atoms with Gasteiger partial charge in [0.15, 0.2) is 0 Å². The lowest BCUT2D eigenvalue weighted by Crippen LogP contribution is -2.43. The van der Waals surface area contributed by atoms with Gasteiger partial charge in [-0.2, -0.15) is 0 Å². The molecule has 1 N–H and O–H groups in total. The lowest BCUT2D eigenvalue weighted by Gasteiger charge is -2.35. The standard InChI is InChI=1S/C15H30N2/c1-4-16-11-15(7-5-6-8-15)12-17-10-13(2)9-14(17)3/h13-14,16H,4-12H2,1-3H3. The molecular formula is C15H30N2. The summed E-state index contributed by atoms with van der Waals surface area (Å²) in [6.45, 7) is 12.1. The molecule has 1 saturated heterocycles. The quantitative estimate of drug-likeness (QED) is 0.792. The zero-order valence-electron chi connectivity index (χ0n) is 12.0. The number of hydrogen-bond donors (Lipinski definition) is 1. The van der Waals surface area contributed by atoms with Crippen LogP contribution < -0.4 is 5.32 Å². The summed E-state index contributed by atoms with van der Waals surface area (Å²) < 4.78 is 0. The van der Waals surface area contributed by atoms with Crippen LogP contribution in [0.1, 0.15) is 52.9 Å². The summed E-state index contributed by atoms with van der Waals surface area (Å²) in [5.41, 5.74) is 0.592. The molecule has 2 nitrogen and oxygen atoms in total. The Kier molecular flexibility index (Phi) is 4.48. The second-order valence-electron chi connectivity index (χ2n) is 6.61. The van der Waals surface area contributed by atoms with Crippen LogP contribution in [0.2, 0.25) is 0 Å². The second-order valence-corrected chi connectivity index (χ2v) is 6.61. The van der Waals surface area contributed by atoms with Crippen LogP contribution in [-0.4, -0.2) is 37.1 Å². The fraction of sp³-hybridized carbons (Fsp3) is 1.00. The zero-order chi connectivity index (χ0) is 12.3. The molecule has 1 aliphatic heterocycles. The molecule has 2 unspecified atom stereocenters. The Morgan fingerprint density at radius 2 is 1.94 bits per heavy atom. The van der Waals surface area contributed by atoms with Crippen LogP contribution >= 0.6 is 0 Å². The fourth-order valence-electron chi connectivity index (χ4n) is 3.94. The van der Waals surface area contributed by atoms with Gasteiger partial charge in [-0.15, -0.1) is 0 Å². The van der Waals surface area contributed by atoms with Crippen LogP contribution in [-0.2, 0) is 0 Å². The highest BCUT2D eigenvalue weighted by molar-refractivity contribution is 4.92. The summed E-state index contributed by atoms with van der Waals surface area (Å²) in [6, 6.07) is 0.809. The molecule has 0 aromatic carbocycles. The molecule has 100 valence electrons. The van der Waals surface area contributed by atoms with Gasteiger partial charge in [0.1, 0.15) is 0 Å². The summed E-state index contributed by atoms with van der Waals surface area (Å²) in [6.07, 6.45) is 7.18. The molecule has 1 heterocycles. The van der Waals surface area contributed by atoms with E-state index >= 15 is 0 Å². The molecule has 1 aliphatic carbocycles. The van der Waals surface area contributed by atoms with Crippen LogP contribution in [0, 0.1) is 11.3 Å². The third kappa shape index (κ3) is 3.23. The van der Waals surface area contributed by atoms with E-state index in [2.05, 4.69) is 31.0 Å². The normalized spacial score (nSPS) is 33.4. The molecule has 17 heavy (non-hydrogen) atoms. The van der Waals surface area contributed by atoms with Gasteiger partial charge >= 0.3 is 0 Å². The number of hydrogen-bond acceptors (Lipinski definition) is 2. The van der Waals surface area contributed by atoms with Crippen molar-refractivity contribution in [3.63, 3.8) is 0 Å². The van der Waals surface area contributed by atoms with Crippen molar-refractivity contribution in [1.82, 2.24) is 10.2 Å². The lowest BCUT2D eigenvalue weighted by molar-refractivity contribution is 0.143. The van der Waals surface area contributed by atoms with Crippen LogP contribution in [0.3, 0.4) is 0 Å². The number of rotatable bonds is 5. The van der Waals surface area contributed by atoms with Gasteiger partial charge in [-0.25, -0.2) is 0 Å². The topological polar surface area (TPSA) is 15.3 Å². The predicted octanol–water partition coefficient (Wildman–Crippen LogP) is 2.89. The fourth-order valence-corrected chi connectivity index (χ4v) is 3.94. The van der Waals surface area contributed by atoms with Crippen molar-refractivity contribution in [3.05, 3.63) is 0 Å². The van der Waals surface area contributed by atoms with Crippen molar-refractivity contribution in [1.29, 1.82) is 0 Å². The Morgan fingerprint density at radius 1 is 1.24 bits per heavy atom. The molecule has 0 amide bonds. The SMILES string of the molecule is CCNCC1(CN2CC(C)CC2C)CCCC1. The summed E-state index contributed by atoms with van der Waals surface area (Å²) >= 11 is 0. The van der Waals surface area contributed by atoms with E-state index in [0.29, 0.717) is 5.41 Å². The first-order chi connectivity index (χ1) is 8.15. The Bertz CT molecular complexity index is 233. The summed E-state index contributed by atoms with van der Waals surface area (Å²) in [7, 11) is 0. The molecule has 0 spiro atoms. The van der Waals surface area contributed by atoms with E-state index < -0.39 is 0 Å². The Morgan fingerprint density at radius 3 is 2.47 bits per heavy atom. The van der Waals surface area contributed by atoms with E-state index in [9.17, 15) is 0 Å².